The molecular weight excluding hydrogens is 421 g/mol. The fourth-order valence-electron chi connectivity index (χ4n) is 3.77. The van der Waals surface area contributed by atoms with E-state index in [2.05, 4.69) is 35.9 Å². The lowest BCUT2D eigenvalue weighted by Gasteiger charge is -2.24. The summed E-state index contributed by atoms with van der Waals surface area (Å²) in [5, 5.41) is 11.2. The summed E-state index contributed by atoms with van der Waals surface area (Å²) in [5.41, 5.74) is 1.68. The molecule has 0 aliphatic carbocycles. The smallest absolute Gasteiger partial charge is 0.256 e. The normalized spacial score (nSPS) is 14.2. The Bertz CT molecular complexity index is 1290. The Balaban J connectivity index is 1.37. The highest BCUT2D eigenvalue weighted by atomic mass is 19.1. The number of carbonyl (C=O) groups excluding carboxylic acids is 1. The molecule has 9 heteroatoms. The lowest BCUT2D eigenvalue weighted by atomic mass is 10.1. The number of anilines is 2. The van der Waals surface area contributed by atoms with E-state index in [-0.39, 0.29) is 5.91 Å². The van der Waals surface area contributed by atoms with Crippen LogP contribution in [-0.4, -0.2) is 45.0 Å². The molecule has 1 fully saturated rings. The standard InChI is InChI=1S/C24H22FN7O/c25-18-3-1-15(2-4-18)24(33)32-22-10-16-9-20(28-11-17(16)12-29-22)21-13-27-14-23(31-21)30-19-5-7-26-8-6-19/h1-4,9-14,19,26H,5-8H2,(H,30,31)(H,29,32,33). The van der Waals surface area contributed by atoms with Gasteiger partial charge in [-0.15, -0.1) is 0 Å². The molecule has 3 aromatic heterocycles. The van der Waals surface area contributed by atoms with Gasteiger partial charge >= 0.3 is 0 Å². The van der Waals surface area contributed by atoms with Gasteiger partial charge in [-0.25, -0.2) is 14.4 Å². The number of amides is 1. The molecule has 5 rings (SSSR count). The van der Waals surface area contributed by atoms with Crippen LogP contribution >= 0.6 is 0 Å². The molecular formula is C24H22FN7O. The fraction of sp³-hybridized carbons (Fsp3) is 0.208. The van der Waals surface area contributed by atoms with Gasteiger partial charge in [-0.1, -0.05) is 0 Å². The maximum absolute atomic E-state index is 13.1. The van der Waals surface area contributed by atoms with E-state index in [4.69, 9.17) is 0 Å². The van der Waals surface area contributed by atoms with Crippen LogP contribution in [0.25, 0.3) is 22.2 Å². The van der Waals surface area contributed by atoms with Crippen molar-refractivity contribution in [1.82, 2.24) is 25.3 Å². The Morgan fingerprint density at radius 1 is 0.909 bits per heavy atom. The first kappa shape index (κ1) is 20.9. The Morgan fingerprint density at radius 3 is 2.52 bits per heavy atom. The van der Waals surface area contributed by atoms with Gasteiger partial charge in [-0.3, -0.25) is 14.8 Å². The van der Waals surface area contributed by atoms with Crippen molar-refractivity contribution in [2.45, 2.75) is 18.9 Å². The number of fused-ring (bicyclic) bond motifs is 1. The molecule has 0 saturated carbocycles. The topological polar surface area (TPSA) is 105 Å². The van der Waals surface area contributed by atoms with E-state index >= 15 is 0 Å². The van der Waals surface area contributed by atoms with Gasteiger partial charge in [0, 0.05) is 29.4 Å². The minimum absolute atomic E-state index is 0.349. The quantitative estimate of drug-likeness (QED) is 0.433. The molecule has 1 saturated heterocycles. The van der Waals surface area contributed by atoms with Gasteiger partial charge in [0.2, 0.25) is 0 Å². The van der Waals surface area contributed by atoms with E-state index < -0.39 is 5.82 Å². The van der Waals surface area contributed by atoms with Crippen LogP contribution in [0.15, 0.2) is 61.2 Å². The van der Waals surface area contributed by atoms with Gasteiger partial charge in [0.15, 0.2) is 0 Å². The molecule has 0 spiro atoms. The fourth-order valence-corrected chi connectivity index (χ4v) is 3.77. The van der Waals surface area contributed by atoms with E-state index in [1.54, 1.807) is 30.9 Å². The van der Waals surface area contributed by atoms with Gasteiger partial charge in [0.25, 0.3) is 5.91 Å². The molecule has 4 heterocycles. The SMILES string of the molecule is O=C(Nc1cc2cc(-c3cncc(NC4CCNCC4)n3)ncc2cn1)c1ccc(F)cc1. The summed E-state index contributed by atoms with van der Waals surface area (Å²) in [6.45, 7) is 1.98. The lowest BCUT2D eigenvalue weighted by Crippen LogP contribution is -2.35. The molecule has 1 aliphatic heterocycles. The van der Waals surface area contributed by atoms with E-state index in [9.17, 15) is 9.18 Å². The lowest BCUT2D eigenvalue weighted by molar-refractivity contribution is 0.102. The Kier molecular flexibility index (Phi) is 5.86. The van der Waals surface area contributed by atoms with Crippen molar-refractivity contribution in [3.8, 4) is 11.4 Å². The highest BCUT2D eigenvalue weighted by Crippen LogP contribution is 2.23. The van der Waals surface area contributed by atoms with Crippen molar-refractivity contribution < 1.29 is 9.18 Å². The molecule has 3 N–H and O–H groups in total. The number of aromatic nitrogens is 4. The van der Waals surface area contributed by atoms with Crippen molar-refractivity contribution in [3.05, 3.63) is 72.6 Å². The summed E-state index contributed by atoms with van der Waals surface area (Å²) in [5.74, 6) is 0.358. The minimum Gasteiger partial charge on any atom is -0.366 e. The number of halogens is 1. The predicted molar refractivity (Wildman–Crippen MR) is 124 cm³/mol. The Hall–Kier alpha value is -3.98. The minimum atomic E-state index is -0.395. The Morgan fingerprint density at radius 2 is 1.70 bits per heavy atom. The van der Waals surface area contributed by atoms with Crippen molar-refractivity contribution in [3.63, 3.8) is 0 Å². The van der Waals surface area contributed by atoms with Gasteiger partial charge in [-0.2, -0.15) is 0 Å². The predicted octanol–water partition coefficient (Wildman–Crippen LogP) is 3.64. The van der Waals surface area contributed by atoms with Crippen LogP contribution in [0.5, 0.6) is 0 Å². The number of rotatable bonds is 5. The number of hydrogen-bond donors (Lipinski definition) is 3. The van der Waals surface area contributed by atoms with Crippen molar-refractivity contribution in [1.29, 1.82) is 0 Å². The van der Waals surface area contributed by atoms with Crippen LogP contribution in [0.3, 0.4) is 0 Å². The van der Waals surface area contributed by atoms with Crippen LogP contribution in [0, 0.1) is 5.82 Å². The molecule has 1 aromatic carbocycles. The largest absolute Gasteiger partial charge is 0.366 e. The van der Waals surface area contributed by atoms with Gasteiger partial charge < -0.3 is 16.0 Å². The van der Waals surface area contributed by atoms with E-state index in [0.717, 1.165) is 42.5 Å². The summed E-state index contributed by atoms with van der Waals surface area (Å²) in [6.07, 6.45) is 8.85. The summed E-state index contributed by atoms with van der Waals surface area (Å²) in [4.78, 5) is 30.2. The third-order valence-corrected chi connectivity index (χ3v) is 5.54. The second-order valence-electron chi connectivity index (χ2n) is 7.91. The second kappa shape index (κ2) is 9.25. The summed E-state index contributed by atoms with van der Waals surface area (Å²) < 4.78 is 13.1. The first-order valence-electron chi connectivity index (χ1n) is 10.8. The molecule has 0 unspecified atom stereocenters. The number of nitrogens with zero attached hydrogens (tertiary/aromatic N) is 4. The average molecular weight is 443 g/mol. The van der Waals surface area contributed by atoms with Crippen LogP contribution in [-0.2, 0) is 0 Å². The zero-order valence-electron chi connectivity index (χ0n) is 17.8. The van der Waals surface area contributed by atoms with Gasteiger partial charge in [-0.05, 0) is 67.7 Å². The number of hydrogen-bond acceptors (Lipinski definition) is 7. The number of piperidine rings is 1. The molecule has 4 aromatic rings. The molecule has 0 atom stereocenters. The first-order chi connectivity index (χ1) is 16.1. The molecule has 0 bridgehead atoms. The van der Waals surface area contributed by atoms with Crippen molar-refractivity contribution in [2.24, 2.45) is 0 Å². The maximum atomic E-state index is 13.1. The monoisotopic (exact) mass is 443 g/mol. The van der Waals surface area contributed by atoms with Crippen LogP contribution in [0.1, 0.15) is 23.2 Å². The number of carbonyl (C=O) groups is 1. The number of nitrogens with one attached hydrogen (secondary N) is 3. The summed E-state index contributed by atoms with van der Waals surface area (Å²) in [7, 11) is 0. The highest BCUT2D eigenvalue weighted by molar-refractivity contribution is 6.04. The summed E-state index contributed by atoms with van der Waals surface area (Å²) in [6, 6.07) is 9.38. The number of pyridine rings is 2. The molecule has 1 amide bonds. The third kappa shape index (κ3) is 4.93. The van der Waals surface area contributed by atoms with Crippen molar-refractivity contribution in [2.75, 3.05) is 23.7 Å². The molecule has 0 radical (unpaired) electrons. The van der Waals surface area contributed by atoms with Crippen LogP contribution in [0.2, 0.25) is 0 Å². The number of benzene rings is 1. The van der Waals surface area contributed by atoms with E-state index in [1.807, 2.05) is 6.07 Å². The molecule has 1 aliphatic rings. The molecule has 8 nitrogen and oxygen atoms in total. The van der Waals surface area contributed by atoms with Crippen LogP contribution in [0.4, 0.5) is 16.0 Å². The van der Waals surface area contributed by atoms with E-state index in [0.29, 0.717) is 28.8 Å². The summed E-state index contributed by atoms with van der Waals surface area (Å²) >= 11 is 0. The molecule has 33 heavy (non-hydrogen) atoms. The first-order valence-corrected chi connectivity index (χ1v) is 10.8. The average Bonchev–Trinajstić information content (AvgIpc) is 2.85. The maximum Gasteiger partial charge on any atom is 0.256 e. The highest BCUT2D eigenvalue weighted by Gasteiger charge is 2.14. The van der Waals surface area contributed by atoms with Crippen LogP contribution < -0.4 is 16.0 Å². The second-order valence-corrected chi connectivity index (χ2v) is 7.91. The van der Waals surface area contributed by atoms with E-state index in [1.165, 1.54) is 24.3 Å². The van der Waals surface area contributed by atoms with Gasteiger partial charge in [0.1, 0.15) is 23.1 Å². The third-order valence-electron chi connectivity index (χ3n) is 5.54. The Labute approximate surface area is 189 Å². The zero-order valence-corrected chi connectivity index (χ0v) is 17.8. The van der Waals surface area contributed by atoms with Crippen molar-refractivity contribution >= 4 is 28.3 Å². The zero-order chi connectivity index (χ0) is 22.6. The van der Waals surface area contributed by atoms with Gasteiger partial charge in [0.05, 0.1) is 18.1 Å². The molecule has 166 valence electrons.